The summed E-state index contributed by atoms with van der Waals surface area (Å²) in [6, 6.07) is 10.4. The molecule has 0 atom stereocenters. The highest BCUT2D eigenvalue weighted by atomic mass is 16.2. The van der Waals surface area contributed by atoms with Crippen molar-refractivity contribution in [1.82, 2.24) is 15.5 Å². The number of allylic oxidation sites excluding steroid dienone is 1. The Labute approximate surface area is 168 Å². The van der Waals surface area contributed by atoms with Crippen LogP contribution in [0, 0.1) is 0 Å². The summed E-state index contributed by atoms with van der Waals surface area (Å²) in [4.78, 5) is 21.0. The number of guanidine groups is 1. The molecule has 2 N–H and O–H groups in total. The van der Waals surface area contributed by atoms with Gasteiger partial charge in [-0.2, -0.15) is 0 Å². The van der Waals surface area contributed by atoms with Gasteiger partial charge in [0.05, 0.1) is 6.54 Å². The molecule has 1 saturated heterocycles. The van der Waals surface area contributed by atoms with Crippen LogP contribution >= 0.6 is 0 Å². The Kier molecular flexibility index (Phi) is 7.76. The van der Waals surface area contributed by atoms with E-state index in [1.54, 1.807) is 12.6 Å². The molecule has 6 heteroatoms. The molecule has 1 aromatic carbocycles. The molecule has 28 heavy (non-hydrogen) atoms. The van der Waals surface area contributed by atoms with Gasteiger partial charge in [-0.15, -0.1) is 0 Å². The molecule has 0 unspecified atom stereocenters. The predicted molar refractivity (Wildman–Crippen MR) is 116 cm³/mol. The Hall–Kier alpha value is -2.50. The highest BCUT2D eigenvalue weighted by Gasteiger charge is 2.21. The number of para-hydroxylation sites is 1. The number of hydrogen-bond acceptors (Lipinski definition) is 3. The normalized spacial score (nSPS) is 17.9. The van der Waals surface area contributed by atoms with Crippen LogP contribution in [-0.2, 0) is 4.79 Å². The van der Waals surface area contributed by atoms with Crippen molar-refractivity contribution in [3.8, 4) is 0 Å². The second-order valence-corrected chi connectivity index (χ2v) is 7.41. The average molecular weight is 384 g/mol. The van der Waals surface area contributed by atoms with Crippen molar-refractivity contribution in [3.63, 3.8) is 0 Å². The number of hydrogen-bond donors (Lipinski definition) is 2. The molecule has 0 aromatic heterocycles. The number of carbonyl (C=O) groups excluding carboxylic acids is 1. The molecule has 6 nitrogen and oxygen atoms in total. The van der Waals surface area contributed by atoms with Crippen molar-refractivity contribution in [2.24, 2.45) is 4.99 Å². The molecule has 1 fully saturated rings. The topological polar surface area (TPSA) is 60.0 Å². The third kappa shape index (κ3) is 6.01. The molecule has 0 saturated carbocycles. The van der Waals surface area contributed by atoms with Crippen molar-refractivity contribution in [2.45, 2.75) is 32.1 Å². The van der Waals surface area contributed by atoms with Crippen molar-refractivity contribution < 1.29 is 4.79 Å². The van der Waals surface area contributed by atoms with Gasteiger partial charge in [0.2, 0.25) is 5.91 Å². The fourth-order valence-electron chi connectivity index (χ4n) is 3.82. The Morgan fingerprint density at radius 1 is 1.07 bits per heavy atom. The minimum atomic E-state index is 0.130. The predicted octanol–water partition coefficient (Wildman–Crippen LogP) is 2.39. The Balaban J connectivity index is 1.35. The van der Waals surface area contributed by atoms with Crippen LogP contribution in [-0.4, -0.2) is 63.1 Å². The first-order chi connectivity index (χ1) is 13.8. The lowest BCUT2D eigenvalue weighted by Gasteiger charge is -2.36. The molecule has 0 spiro atoms. The fourth-order valence-corrected chi connectivity index (χ4v) is 3.82. The smallest absolute Gasteiger partial charge is 0.242 e. The van der Waals surface area contributed by atoms with Gasteiger partial charge in [-0.1, -0.05) is 29.8 Å². The molecule has 1 aliphatic heterocycles. The van der Waals surface area contributed by atoms with E-state index in [2.05, 4.69) is 50.9 Å². The minimum Gasteiger partial charge on any atom is -0.368 e. The molecule has 1 aliphatic carbocycles. The highest BCUT2D eigenvalue weighted by Crippen LogP contribution is 2.19. The van der Waals surface area contributed by atoms with Crippen LogP contribution in [0.1, 0.15) is 32.1 Å². The zero-order valence-corrected chi connectivity index (χ0v) is 17.0. The Morgan fingerprint density at radius 3 is 2.54 bits per heavy atom. The summed E-state index contributed by atoms with van der Waals surface area (Å²) in [7, 11) is 1.75. The lowest BCUT2D eigenvalue weighted by Crippen LogP contribution is -2.52. The van der Waals surface area contributed by atoms with Crippen molar-refractivity contribution in [2.75, 3.05) is 51.2 Å². The summed E-state index contributed by atoms with van der Waals surface area (Å²) >= 11 is 0. The fraction of sp³-hybridized carbons (Fsp3) is 0.545. The van der Waals surface area contributed by atoms with Gasteiger partial charge in [-0.05, 0) is 44.2 Å². The van der Waals surface area contributed by atoms with Gasteiger partial charge in [0.25, 0.3) is 0 Å². The van der Waals surface area contributed by atoms with Crippen LogP contribution in [0.4, 0.5) is 5.69 Å². The van der Waals surface area contributed by atoms with E-state index in [9.17, 15) is 4.79 Å². The van der Waals surface area contributed by atoms with Gasteiger partial charge in [-0.3, -0.25) is 9.79 Å². The largest absolute Gasteiger partial charge is 0.368 e. The van der Waals surface area contributed by atoms with Crippen LogP contribution < -0.4 is 15.5 Å². The van der Waals surface area contributed by atoms with Gasteiger partial charge < -0.3 is 20.4 Å². The molecular weight excluding hydrogens is 350 g/mol. The maximum atomic E-state index is 12.5. The molecular formula is C22H33N5O. The van der Waals surface area contributed by atoms with E-state index in [-0.39, 0.29) is 12.5 Å². The van der Waals surface area contributed by atoms with Crippen molar-refractivity contribution in [3.05, 3.63) is 42.0 Å². The first kappa shape index (κ1) is 20.2. The quantitative estimate of drug-likeness (QED) is 0.450. The standard InChI is InChI=1S/C22H33N5O/c1-23-22(24-13-12-19-8-4-2-5-9-19)25-18-21(28)27-16-14-26(15-17-27)20-10-6-3-7-11-20/h3,6-8,10-11H,2,4-5,9,12-18H2,1H3,(H2,23,24,25). The maximum Gasteiger partial charge on any atom is 0.242 e. The third-order valence-electron chi connectivity index (χ3n) is 5.51. The number of anilines is 1. The molecule has 1 aromatic rings. The Morgan fingerprint density at radius 2 is 1.86 bits per heavy atom. The number of piperazine rings is 1. The second-order valence-electron chi connectivity index (χ2n) is 7.41. The van der Waals surface area contributed by atoms with Crippen LogP contribution in [0.5, 0.6) is 0 Å². The van der Waals surface area contributed by atoms with E-state index in [0.717, 1.165) is 39.1 Å². The highest BCUT2D eigenvalue weighted by molar-refractivity contribution is 5.86. The zero-order chi connectivity index (χ0) is 19.6. The first-order valence-corrected chi connectivity index (χ1v) is 10.5. The number of benzene rings is 1. The van der Waals surface area contributed by atoms with E-state index < -0.39 is 0 Å². The molecule has 1 heterocycles. The van der Waals surface area contributed by atoms with E-state index in [1.807, 2.05) is 11.0 Å². The number of nitrogens with zero attached hydrogens (tertiary/aromatic N) is 3. The van der Waals surface area contributed by atoms with Gasteiger partial charge in [-0.25, -0.2) is 0 Å². The van der Waals surface area contributed by atoms with Crippen molar-refractivity contribution in [1.29, 1.82) is 0 Å². The molecule has 152 valence electrons. The first-order valence-electron chi connectivity index (χ1n) is 10.5. The molecule has 0 radical (unpaired) electrons. The monoisotopic (exact) mass is 383 g/mol. The zero-order valence-electron chi connectivity index (χ0n) is 17.0. The Bertz CT molecular complexity index is 677. The number of carbonyl (C=O) groups is 1. The average Bonchev–Trinajstić information content (AvgIpc) is 2.77. The summed E-state index contributed by atoms with van der Waals surface area (Å²) in [6.07, 6.45) is 8.50. The van der Waals surface area contributed by atoms with Crippen molar-refractivity contribution >= 4 is 17.6 Å². The summed E-state index contributed by atoms with van der Waals surface area (Å²) in [5.41, 5.74) is 2.77. The van der Waals surface area contributed by atoms with Gasteiger partial charge in [0.1, 0.15) is 0 Å². The van der Waals surface area contributed by atoms with E-state index in [0.29, 0.717) is 5.96 Å². The minimum absolute atomic E-state index is 0.130. The SMILES string of the molecule is CN=C(NCCC1=CCCCC1)NCC(=O)N1CCN(c2ccccc2)CC1. The van der Waals surface area contributed by atoms with Crippen LogP contribution in [0.3, 0.4) is 0 Å². The lowest BCUT2D eigenvalue weighted by atomic mass is 9.97. The number of aliphatic imine (C=N–C) groups is 1. The second kappa shape index (κ2) is 10.7. The van der Waals surface area contributed by atoms with E-state index >= 15 is 0 Å². The van der Waals surface area contributed by atoms with Crippen LogP contribution in [0.15, 0.2) is 47.0 Å². The number of amides is 1. The summed E-state index contributed by atoms with van der Waals surface area (Å²) in [6.45, 7) is 4.41. The van der Waals surface area contributed by atoms with Crippen LogP contribution in [0.25, 0.3) is 0 Å². The van der Waals surface area contributed by atoms with Gasteiger partial charge >= 0.3 is 0 Å². The molecule has 3 rings (SSSR count). The van der Waals surface area contributed by atoms with Gasteiger partial charge in [0.15, 0.2) is 5.96 Å². The maximum absolute atomic E-state index is 12.5. The van der Waals surface area contributed by atoms with Gasteiger partial charge in [0, 0.05) is 45.5 Å². The summed E-state index contributed by atoms with van der Waals surface area (Å²) in [5, 5.41) is 6.48. The number of rotatable bonds is 6. The summed E-state index contributed by atoms with van der Waals surface area (Å²) < 4.78 is 0. The lowest BCUT2D eigenvalue weighted by molar-refractivity contribution is -0.130. The molecule has 2 aliphatic rings. The number of nitrogens with one attached hydrogen (secondary N) is 2. The van der Waals surface area contributed by atoms with Crippen LogP contribution in [0.2, 0.25) is 0 Å². The molecule has 1 amide bonds. The van der Waals surface area contributed by atoms with E-state index in [1.165, 1.54) is 31.4 Å². The molecule has 0 bridgehead atoms. The van der Waals surface area contributed by atoms with E-state index in [4.69, 9.17) is 0 Å². The third-order valence-corrected chi connectivity index (χ3v) is 5.51. The summed E-state index contributed by atoms with van der Waals surface area (Å²) in [5.74, 6) is 0.832.